The van der Waals surface area contributed by atoms with Gasteiger partial charge in [-0.15, -0.1) is 0 Å². The Balaban J connectivity index is 1.22. The molecule has 0 saturated carbocycles. The topological polar surface area (TPSA) is 43.5 Å². The van der Waals surface area contributed by atoms with E-state index >= 15 is 0 Å². The number of rotatable bonds is 11. The Labute approximate surface area is 155 Å². The maximum absolute atomic E-state index is 5.79. The van der Waals surface area contributed by atoms with Gasteiger partial charge >= 0.3 is 0 Å². The van der Waals surface area contributed by atoms with Gasteiger partial charge in [-0.3, -0.25) is 0 Å². The molecule has 2 aromatic rings. The van der Waals surface area contributed by atoms with Crippen LogP contribution in [0.5, 0.6) is 11.5 Å². The number of hydrogen-bond donors (Lipinski definition) is 0. The van der Waals surface area contributed by atoms with Crippen molar-refractivity contribution >= 4 is 0 Å². The zero-order chi connectivity index (χ0) is 17.6. The lowest BCUT2D eigenvalue weighted by atomic mass is 10.1. The lowest BCUT2D eigenvalue weighted by Crippen LogP contribution is -1.99. The van der Waals surface area contributed by atoms with Gasteiger partial charge in [0.15, 0.2) is 0 Å². The fourth-order valence-corrected chi connectivity index (χ4v) is 2.96. The molecule has 0 aliphatic carbocycles. The molecule has 0 amide bonds. The van der Waals surface area contributed by atoms with Crippen LogP contribution in [0.3, 0.4) is 0 Å². The summed E-state index contributed by atoms with van der Waals surface area (Å²) >= 11 is 0. The van der Waals surface area contributed by atoms with Gasteiger partial charge in [0, 0.05) is 0 Å². The van der Waals surface area contributed by atoms with Gasteiger partial charge < -0.3 is 18.9 Å². The number of ether oxygens (including phenoxy) is 4. The molecular weight excluding hydrogens is 328 g/mol. The molecule has 0 aromatic heterocycles. The van der Waals surface area contributed by atoms with E-state index in [2.05, 4.69) is 24.3 Å². The minimum atomic E-state index is 0.486. The summed E-state index contributed by atoms with van der Waals surface area (Å²) in [5.74, 6) is 1.84. The van der Waals surface area contributed by atoms with Gasteiger partial charge in [0.05, 0.1) is 38.6 Å². The maximum Gasteiger partial charge on any atom is 0.119 e. The molecule has 0 radical (unpaired) electrons. The molecule has 138 valence electrons. The fraction of sp³-hybridized carbons (Fsp3) is 0.455. The van der Waals surface area contributed by atoms with Crippen LogP contribution in [-0.4, -0.2) is 38.6 Å². The van der Waals surface area contributed by atoms with E-state index in [4.69, 9.17) is 18.9 Å². The molecule has 4 heteroatoms. The molecular formula is C22H26O4. The van der Waals surface area contributed by atoms with Crippen LogP contribution in [0, 0.1) is 0 Å². The van der Waals surface area contributed by atoms with Crippen molar-refractivity contribution in [1.29, 1.82) is 0 Å². The first-order chi connectivity index (χ1) is 12.9. The van der Waals surface area contributed by atoms with Crippen LogP contribution in [0.1, 0.15) is 25.7 Å². The van der Waals surface area contributed by atoms with Gasteiger partial charge in [0.25, 0.3) is 0 Å². The van der Waals surface area contributed by atoms with Crippen molar-refractivity contribution in [2.24, 2.45) is 0 Å². The third kappa shape index (κ3) is 5.48. The molecule has 2 heterocycles. The molecule has 2 aromatic carbocycles. The second-order valence-corrected chi connectivity index (χ2v) is 6.94. The quantitative estimate of drug-likeness (QED) is 0.441. The first-order valence-electron chi connectivity index (χ1n) is 9.56. The van der Waals surface area contributed by atoms with Gasteiger partial charge in [-0.2, -0.15) is 0 Å². The molecule has 2 aliphatic rings. The summed E-state index contributed by atoms with van der Waals surface area (Å²) in [6, 6.07) is 16.5. The minimum Gasteiger partial charge on any atom is -0.494 e. The molecule has 2 atom stereocenters. The summed E-state index contributed by atoms with van der Waals surface area (Å²) in [6.45, 7) is 3.35. The lowest BCUT2D eigenvalue weighted by molar-refractivity contribution is 0.293. The molecule has 0 N–H and O–H groups in total. The van der Waals surface area contributed by atoms with E-state index in [1.165, 1.54) is 11.1 Å². The van der Waals surface area contributed by atoms with Crippen LogP contribution < -0.4 is 9.47 Å². The fourth-order valence-electron chi connectivity index (χ4n) is 2.96. The molecule has 2 aliphatic heterocycles. The third-order valence-corrected chi connectivity index (χ3v) is 4.73. The predicted molar refractivity (Wildman–Crippen MR) is 101 cm³/mol. The highest BCUT2D eigenvalue weighted by Gasteiger charge is 2.21. The normalized spacial score (nSPS) is 20.6. The Morgan fingerprint density at radius 3 is 1.38 bits per heavy atom. The number of epoxide rings is 2. The summed E-state index contributed by atoms with van der Waals surface area (Å²) in [5, 5.41) is 0. The van der Waals surface area contributed by atoms with E-state index in [1.54, 1.807) is 0 Å². The van der Waals surface area contributed by atoms with Gasteiger partial charge in [0.1, 0.15) is 11.5 Å². The molecule has 2 fully saturated rings. The molecule has 0 spiro atoms. The van der Waals surface area contributed by atoms with Crippen LogP contribution in [0.2, 0.25) is 0 Å². The van der Waals surface area contributed by atoms with E-state index in [0.717, 1.165) is 63.6 Å². The smallest absolute Gasteiger partial charge is 0.119 e. The molecule has 4 nitrogen and oxygen atoms in total. The molecule has 2 saturated heterocycles. The second kappa shape index (κ2) is 8.56. The zero-order valence-corrected chi connectivity index (χ0v) is 15.1. The van der Waals surface area contributed by atoms with Gasteiger partial charge in [-0.1, -0.05) is 24.3 Å². The zero-order valence-electron chi connectivity index (χ0n) is 15.1. The van der Waals surface area contributed by atoms with Crippen molar-refractivity contribution in [3.63, 3.8) is 0 Å². The van der Waals surface area contributed by atoms with Crippen LogP contribution in [0.25, 0.3) is 11.1 Å². The highest BCUT2D eigenvalue weighted by Crippen LogP contribution is 2.25. The second-order valence-electron chi connectivity index (χ2n) is 6.94. The number of hydrogen-bond acceptors (Lipinski definition) is 4. The SMILES string of the molecule is c1cc(-c2ccc(OCCCC3CO3)cc2)ccc1OCCCC1CO1. The number of benzene rings is 2. The van der Waals surface area contributed by atoms with E-state index in [9.17, 15) is 0 Å². The van der Waals surface area contributed by atoms with Gasteiger partial charge in [-0.05, 0) is 61.1 Å². The van der Waals surface area contributed by atoms with Crippen molar-refractivity contribution in [2.45, 2.75) is 37.9 Å². The van der Waals surface area contributed by atoms with E-state index in [-0.39, 0.29) is 0 Å². The van der Waals surface area contributed by atoms with Crippen molar-refractivity contribution < 1.29 is 18.9 Å². The Kier molecular flexibility index (Phi) is 5.72. The summed E-state index contributed by atoms with van der Waals surface area (Å²) in [6.07, 6.45) is 5.26. The average molecular weight is 354 g/mol. The summed E-state index contributed by atoms with van der Waals surface area (Å²) < 4.78 is 22.0. The lowest BCUT2D eigenvalue weighted by Gasteiger charge is -2.09. The van der Waals surface area contributed by atoms with Gasteiger partial charge in [-0.25, -0.2) is 0 Å². The van der Waals surface area contributed by atoms with Crippen molar-refractivity contribution in [1.82, 2.24) is 0 Å². The molecule has 26 heavy (non-hydrogen) atoms. The standard InChI is InChI=1S/C22H26O4/c1(3-21-15-25-21)13-23-19-9-5-17(6-10-19)18-7-11-20(12-8-18)24-14-2-4-22-16-26-22/h5-12,21-22H,1-4,13-16H2. The van der Waals surface area contributed by atoms with Crippen molar-refractivity contribution in [3.8, 4) is 22.6 Å². The highest BCUT2D eigenvalue weighted by molar-refractivity contribution is 5.64. The molecule has 4 rings (SSSR count). The van der Waals surface area contributed by atoms with Crippen LogP contribution >= 0.6 is 0 Å². The maximum atomic E-state index is 5.79. The van der Waals surface area contributed by atoms with Crippen LogP contribution in [0.15, 0.2) is 48.5 Å². The van der Waals surface area contributed by atoms with E-state index in [1.807, 2.05) is 24.3 Å². The predicted octanol–water partition coefficient (Wildman–Crippen LogP) is 4.47. The van der Waals surface area contributed by atoms with Gasteiger partial charge in [0.2, 0.25) is 0 Å². The van der Waals surface area contributed by atoms with Crippen molar-refractivity contribution in [2.75, 3.05) is 26.4 Å². The van der Waals surface area contributed by atoms with Crippen LogP contribution in [0.4, 0.5) is 0 Å². The molecule has 2 unspecified atom stereocenters. The molecule has 0 bridgehead atoms. The van der Waals surface area contributed by atoms with E-state index < -0.39 is 0 Å². The minimum absolute atomic E-state index is 0.486. The highest BCUT2D eigenvalue weighted by atomic mass is 16.6. The Hall–Kier alpha value is -2.04. The first kappa shape index (κ1) is 17.4. The monoisotopic (exact) mass is 354 g/mol. The van der Waals surface area contributed by atoms with E-state index in [0.29, 0.717) is 12.2 Å². The Morgan fingerprint density at radius 1 is 0.654 bits per heavy atom. The summed E-state index contributed by atoms with van der Waals surface area (Å²) in [5.41, 5.74) is 2.36. The van der Waals surface area contributed by atoms with Crippen molar-refractivity contribution in [3.05, 3.63) is 48.5 Å². The Morgan fingerprint density at radius 2 is 1.04 bits per heavy atom. The third-order valence-electron chi connectivity index (χ3n) is 4.73. The summed E-state index contributed by atoms with van der Waals surface area (Å²) in [7, 11) is 0. The largest absolute Gasteiger partial charge is 0.494 e. The summed E-state index contributed by atoms with van der Waals surface area (Å²) in [4.78, 5) is 0. The first-order valence-corrected chi connectivity index (χ1v) is 9.56. The Bertz CT molecular complexity index is 611. The van der Waals surface area contributed by atoms with Crippen LogP contribution in [-0.2, 0) is 9.47 Å². The average Bonchev–Trinajstić information content (AvgIpc) is 3.59.